The minimum absolute atomic E-state index is 0.0459. The van der Waals surface area contributed by atoms with Crippen LogP contribution in [0.3, 0.4) is 0 Å². The van der Waals surface area contributed by atoms with Gasteiger partial charge in [-0.1, -0.05) is 29.8 Å². The smallest absolute Gasteiger partial charge is 0.254 e. The van der Waals surface area contributed by atoms with E-state index < -0.39 is 0 Å². The van der Waals surface area contributed by atoms with Crippen molar-refractivity contribution in [3.05, 3.63) is 63.6 Å². The first-order chi connectivity index (χ1) is 12.4. The number of carbonyl (C=O) groups is 1. The standard InChI is InChI=1S/C21H26N2O3/c1-15-5-4-6-17(11-15)13-21(25)23-9-7-18(8-10-23)26-19-12-16(2)22(3)20(24)14-19/h4-6,11-12,14,18H,7-10,13H2,1-3H3. The van der Waals surface area contributed by atoms with Gasteiger partial charge in [0.1, 0.15) is 11.9 Å². The quantitative estimate of drug-likeness (QED) is 0.848. The van der Waals surface area contributed by atoms with Crippen LogP contribution in [-0.4, -0.2) is 34.6 Å². The molecule has 0 N–H and O–H groups in total. The highest BCUT2D eigenvalue weighted by atomic mass is 16.5. The Morgan fingerprint density at radius 3 is 2.54 bits per heavy atom. The molecule has 5 nitrogen and oxygen atoms in total. The second kappa shape index (κ2) is 7.77. The first-order valence-electron chi connectivity index (χ1n) is 9.10. The fourth-order valence-corrected chi connectivity index (χ4v) is 3.33. The van der Waals surface area contributed by atoms with Crippen molar-refractivity contribution in [1.82, 2.24) is 9.47 Å². The fourth-order valence-electron chi connectivity index (χ4n) is 3.33. The third kappa shape index (κ3) is 4.34. The highest BCUT2D eigenvalue weighted by Gasteiger charge is 2.24. The molecule has 5 heteroatoms. The SMILES string of the molecule is Cc1cccc(CC(=O)N2CCC(Oc3cc(C)n(C)c(=O)c3)CC2)c1. The van der Waals surface area contributed by atoms with E-state index in [9.17, 15) is 9.59 Å². The van der Waals surface area contributed by atoms with Gasteiger partial charge in [0.25, 0.3) is 5.56 Å². The molecule has 138 valence electrons. The van der Waals surface area contributed by atoms with Gasteiger partial charge >= 0.3 is 0 Å². The molecule has 1 fully saturated rings. The lowest BCUT2D eigenvalue weighted by atomic mass is 10.0. The molecule has 0 spiro atoms. The average molecular weight is 354 g/mol. The van der Waals surface area contributed by atoms with Gasteiger partial charge in [-0.2, -0.15) is 0 Å². The van der Waals surface area contributed by atoms with E-state index in [0.717, 1.165) is 24.1 Å². The Balaban J connectivity index is 1.54. The molecule has 0 unspecified atom stereocenters. The van der Waals surface area contributed by atoms with Gasteiger partial charge in [-0.3, -0.25) is 9.59 Å². The van der Waals surface area contributed by atoms with Gasteiger partial charge in [0, 0.05) is 44.7 Å². The number of benzene rings is 1. The summed E-state index contributed by atoms with van der Waals surface area (Å²) in [7, 11) is 1.75. The second-order valence-electron chi connectivity index (χ2n) is 7.09. The highest BCUT2D eigenvalue weighted by molar-refractivity contribution is 5.78. The summed E-state index contributed by atoms with van der Waals surface area (Å²) >= 11 is 0. The maximum atomic E-state index is 12.5. The Hall–Kier alpha value is -2.56. The molecule has 0 bridgehead atoms. The first kappa shape index (κ1) is 18.2. The van der Waals surface area contributed by atoms with Crippen molar-refractivity contribution in [2.24, 2.45) is 7.05 Å². The third-order valence-electron chi connectivity index (χ3n) is 5.01. The molecular formula is C21H26N2O3. The molecule has 1 aliphatic rings. The number of hydrogen-bond donors (Lipinski definition) is 0. The Morgan fingerprint density at radius 1 is 1.15 bits per heavy atom. The van der Waals surface area contributed by atoms with Crippen molar-refractivity contribution in [2.75, 3.05) is 13.1 Å². The molecule has 1 aromatic carbocycles. The van der Waals surface area contributed by atoms with Crippen molar-refractivity contribution >= 4 is 5.91 Å². The average Bonchev–Trinajstić information content (AvgIpc) is 2.60. The summed E-state index contributed by atoms with van der Waals surface area (Å²) in [6, 6.07) is 11.5. The highest BCUT2D eigenvalue weighted by Crippen LogP contribution is 2.19. The molecule has 0 radical (unpaired) electrons. The fraction of sp³-hybridized carbons (Fsp3) is 0.429. The topological polar surface area (TPSA) is 51.5 Å². The number of piperidine rings is 1. The van der Waals surface area contributed by atoms with E-state index in [1.54, 1.807) is 11.6 Å². The number of amides is 1. The zero-order chi connectivity index (χ0) is 18.7. The monoisotopic (exact) mass is 354 g/mol. The van der Waals surface area contributed by atoms with Crippen molar-refractivity contribution < 1.29 is 9.53 Å². The van der Waals surface area contributed by atoms with Crippen LogP contribution >= 0.6 is 0 Å². The summed E-state index contributed by atoms with van der Waals surface area (Å²) in [5.41, 5.74) is 3.04. The zero-order valence-corrected chi connectivity index (χ0v) is 15.7. The second-order valence-corrected chi connectivity index (χ2v) is 7.09. The van der Waals surface area contributed by atoms with E-state index in [2.05, 4.69) is 6.07 Å². The van der Waals surface area contributed by atoms with Crippen LogP contribution in [0.25, 0.3) is 0 Å². The van der Waals surface area contributed by atoms with Crippen LogP contribution in [-0.2, 0) is 18.3 Å². The van der Waals surface area contributed by atoms with Gasteiger partial charge < -0.3 is 14.2 Å². The van der Waals surface area contributed by atoms with E-state index in [0.29, 0.717) is 25.3 Å². The van der Waals surface area contributed by atoms with Crippen LogP contribution in [0, 0.1) is 13.8 Å². The summed E-state index contributed by atoms with van der Waals surface area (Å²) in [5.74, 6) is 0.786. The van der Waals surface area contributed by atoms with Gasteiger partial charge in [-0.25, -0.2) is 0 Å². The molecule has 1 saturated heterocycles. The largest absolute Gasteiger partial charge is 0.490 e. The van der Waals surface area contributed by atoms with Crippen molar-refractivity contribution in [3.63, 3.8) is 0 Å². The molecule has 3 rings (SSSR count). The number of nitrogens with zero attached hydrogens (tertiary/aromatic N) is 2. The molecular weight excluding hydrogens is 328 g/mol. The molecule has 0 aliphatic carbocycles. The Labute approximate surface area is 154 Å². The van der Waals surface area contributed by atoms with Gasteiger partial charge in [-0.15, -0.1) is 0 Å². The van der Waals surface area contributed by atoms with Crippen molar-refractivity contribution in [1.29, 1.82) is 0 Å². The molecule has 1 amide bonds. The van der Waals surface area contributed by atoms with E-state index >= 15 is 0 Å². The maximum Gasteiger partial charge on any atom is 0.254 e. The molecule has 2 heterocycles. The maximum absolute atomic E-state index is 12.5. The normalized spacial score (nSPS) is 15.1. The molecule has 1 aliphatic heterocycles. The summed E-state index contributed by atoms with van der Waals surface area (Å²) in [6.07, 6.45) is 2.06. The first-order valence-corrected chi connectivity index (χ1v) is 9.10. The molecule has 26 heavy (non-hydrogen) atoms. The number of aromatic nitrogens is 1. The van der Waals surface area contributed by atoms with Gasteiger partial charge in [0.05, 0.1) is 6.42 Å². The number of rotatable bonds is 4. The van der Waals surface area contributed by atoms with E-state index in [-0.39, 0.29) is 17.6 Å². The number of ether oxygens (including phenoxy) is 1. The Bertz CT molecular complexity index is 849. The van der Waals surface area contributed by atoms with Crippen molar-refractivity contribution in [3.8, 4) is 5.75 Å². The number of likely N-dealkylation sites (tertiary alicyclic amines) is 1. The minimum atomic E-state index is -0.0641. The molecule has 1 aromatic heterocycles. The molecule has 0 saturated carbocycles. The summed E-state index contributed by atoms with van der Waals surface area (Å²) in [4.78, 5) is 26.3. The lowest BCUT2D eigenvalue weighted by molar-refractivity contribution is -0.132. The van der Waals surface area contributed by atoms with Crippen LogP contribution in [0.4, 0.5) is 0 Å². The van der Waals surface area contributed by atoms with Crippen LogP contribution in [0.1, 0.15) is 29.7 Å². The van der Waals surface area contributed by atoms with Gasteiger partial charge in [0.15, 0.2) is 0 Å². The molecule has 0 atom stereocenters. The number of hydrogen-bond acceptors (Lipinski definition) is 3. The lowest BCUT2D eigenvalue weighted by Crippen LogP contribution is -2.42. The van der Waals surface area contributed by atoms with E-state index in [4.69, 9.17) is 4.74 Å². The van der Waals surface area contributed by atoms with Crippen LogP contribution in [0.2, 0.25) is 0 Å². The Morgan fingerprint density at radius 2 is 1.88 bits per heavy atom. The predicted octanol–water partition coefficient (Wildman–Crippen LogP) is 2.61. The van der Waals surface area contributed by atoms with Crippen LogP contribution in [0.5, 0.6) is 5.75 Å². The summed E-state index contributed by atoms with van der Waals surface area (Å²) in [6.45, 7) is 5.31. The lowest BCUT2D eigenvalue weighted by Gasteiger charge is -2.32. The Kier molecular flexibility index (Phi) is 5.45. The zero-order valence-electron chi connectivity index (χ0n) is 15.7. The number of carbonyl (C=O) groups excluding carboxylic acids is 1. The van der Waals surface area contributed by atoms with Crippen LogP contribution < -0.4 is 10.3 Å². The predicted molar refractivity (Wildman–Crippen MR) is 102 cm³/mol. The summed E-state index contributed by atoms with van der Waals surface area (Å²) < 4.78 is 7.58. The van der Waals surface area contributed by atoms with E-state index in [1.165, 1.54) is 11.6 Å². The minimum Gasteiger partial charge on any atom is -0.490 e. The third-order valence-corrected chi connectivity index (χ3v) is 5.01. The van der Waals surface area contributed by atoms with E-state index in [1.807, 2.05) is 43.0 Å². The van der Waals surface area contributed by atoms with Crippen molar-refractivity contribution in [2.45, 2.75) is 39.2 Å². The van der Waals surface area contributed by atoms with Gasteiger partial charge in [-0.05, 0) is 25.5 Å². The molecule has 2 aromatic rings. The summed E-state index contributed by atoms with van der Waals surface area (Å²) in [5, 5.41) is 0. The van der Waals surface area contributed by atoms with Gasteiger partial charge in [0.2, 0.25) is 5.91 Å². The number of pyridine rings is 1. The van der Waals surface area contributed by atoms with Crippen LogP contribution in [0.15, 0.2) is 41.2 Å². The number of aryl methyl sites for hydroxylation is 2.